The molecule has 0 aliphatic carbocycles. The molecule has 2 N–H and O–H groups in total. The van der Waals surface area contributed by atoms with Crippen molar-refractivity contribution in [1.82, 2.24) is 13.9 Å². The molecule has 0 radical (unpaired) electrons. The minimum atomic E-state index is -3.57. The van der Waals surface area contributed by atoms with Gasteiger partial charge in [0.25, 0.3) is 5.56 Å². The van der Waals surface area contributed by atoms with Gasteiger partial charge in [-0.3, -0.25) is 14.8 Å². The van der Waals surface area contributed by atoms with Gasteiger partial charge in [0.05, 0.1) is 16.3 Å². The van der Waals surface area contributed by atoms with Crippen LogP contribution in [-0.4, -0.2) is 46.7 Å². The molecule has 1 aliphatic heterocycles. The van der Waals surface area contributed by atoms with Crippen molar-refractivity contribution >= 4 is 33.5 Å². The zero-order chi connectivity index (χ0) is 23.6. The van der Waals surface area contributed by atoms with E-state index in [1.165, 1.54) is 34.6 Å². The zero-order valence-corrected chi connectivity index (χ0v) is 19.0. The first kappa shape index (κ1) is 23.0. The summed E-state index contributed by atoms with van der Waals surface area (Å²) in [6, 6.07) is 12.1. The Morgan fingerprint density at radius 1 is 1.03 bits per heavy atom. The van der Waals surface area contributed by atoms with Gasteiger partial charge in [0.1, 0.15) is 5.56 Å². The molecule has 0 unspecified atom stereocenters. The lowest BCUT2D eigenvalue weighted by atomic mass is 10.2. The first-order valence-electron chi connectivity index (χ1n) is 10.3. The minimum Gasteiger partial charge on any atom is -0.493 e. The van der Waals surface area contributed by atoms with Gasteiger partial charge in [-0.2, -0.15) is 4.31 Å². The molecule has 2 heterocycles. The monoisotopic (exact) mass is 488 g/mol. The molecule has 1 aliphatic rings. The van der Waals surface area contributed by atoms with Crippen molar-refractivity contribution in [2.24, 2.45) is 4.99 Å². The molecule has 2 aromatic carbocycles. The number of aromatic nitrogens is 2. The lowest BCUT2D eigenvalue weighted by Crippen LogP contribution is -2.35. The minimum absolute atomic E-state index is 0.165. The molecule has 0 spiro atoms. The molecule has 33 heavy (non-hydrogen) atoms. The molecule has 0 atom stereocenters. The predicted octanol–water partition coefficient (Wildman–Crippen LogP) is 2.81. The van der Waals surface area contributed by atoms with E-state index in [0.717, 1.165) is 30.0 Å². The van der Waals surface area contributed by atoms with Gasteiger partial charge in [-0.25, -0.2) is 17.8 Å². The van der Waals surface area contributed by atoms with Crippen molar-refractivity contribution in [2.45, 2.75) is 24.2 Å². The van der Waals surface area contributed by atoms with Crippen molar-refractivity contribution in [3.05, 3.63) is 80.0 Å². The average molecular weight is 489 g/mol. The highest BCUT2D eigenvalue weighted by Crippen LogP contribution is 2.23. The van der Waals surface area contributed by atoms with Crippen LogP contribution in [0.4, 0.5) is 5.69 Å². The van der Waals surface area contributed by atoms with Gasteiger partial charge in [-0.15, -0.1) is 0 Å². The molecule has 1 fully saturated rings. The maximum Gasteiger partial charge on any atom is 0.335 e. The Bertz CT molecular complexity index is 1420. The SMILES string of the molecule is O=c1[nH]c(=O)n(-c2cccc(Cl)c2)c(O)c1C=Nc1ccc(S(=O)(=O)N2CCCCC2)cc1. The number of rotatable bonds is 5. The van der Waals surface area contributed by atoms with E-state index < -0.39 is 27.2 Å². The van der Waals surface area contributed by atoms with E-state index in [-0.39, 0.29) is 16.1 Å². The fourth-order valence-electron chi connectivity index (χ4n) is 3.61. The van der Waals surface area contributed by atoms with Crippen LogP contribution in [0.15, 0.2) is 68.0 Å². The predicted molar refractivity (Wildman–Crippen MR) is 126 cm³/mol. The first-order chi connectivity index (χ1) is 15.8. The number of hydrogen-bond acceptors (Lipinski definition) is 6. The number of H-pyrrole nitrogens is 1. The number of halogens is 1. The van der Waals surface area contributed by atoms with E-state index in [4.69, 9.17) is 11.6 Å². The van der Waals surface area contributed by atoms with Crippen molar-refractivity contribution in [3.8, 4) is 11.6 Å². The Balaban J connectivity index is 1.64. The Kier molecular flexibility index (Phi) is 6.50. The lowest BCUT2D eigenvalue weighted by molar-refractivity contribution is 0.346. The van der Waals surface area contributed by atoms with E-state index >= 15 is 0 Å². The summed E-state index contributed by atoms with van der Waals surface area (Å²) in [4.78, 5) is 31.0. The summed E-state index contributed by atoms with van der Waals surface area (Å²) in [5.41, 5.74) is -1.25. The van der Waals surface area contributed by atoms with Crippen LogP contribution in [0.2, 0.25) is 5.02 Å². The second-order valence-corrected chi connectivity index (χ2v) is 9.90. The largest absolute Gasteiger partial charge is 0.493 e. The molecule has 3 aromatic rings. The Morgan fingerprint density at radius 3 is 2.39 bits per heavy atom. The quantitative estimate of drug-likeness (QED) is 0.534. The molecule has 1 saturated heterocycles. The smallest absolute Gasteiger partial charge is 0.335 e. The van der Waals surface area contributed by atoms with Crippen molar-refractivity contribution < 1.29 is 13.5 Å². The number of nitrogens with zero attached hydrogens (tertiary/aromatic N) is 3. The summed E-state index contributed by atoms with van der Waals surface area (Å²) in [6.45, 7) is 1.01. The van der Waals surface area contributed by atoms with Gasteiger partial charge in [0.15, 0.2) is 0 Å². The number of piperidine rings is 1. The first-order valence-corrected chi connectivity index (χ1v) is 12.1. The van der Waals surface area contributed by atoms with Crippen molar-refractivity contribution in [2.75, 3.05) is 13.1 Å². The van der Waals surface area contributed by atoms with Crippen LogP contribution in [0.25, 0.3) is 5.69 Å². The summed E-state index contributed by atoms with van der Waals surface area (Å²) >= 11 is 5.96. The molecular formula is C22H21ClN4O5S. The third kappa shape index (κ3) is 4.77. The summed E-state index contributed by atoms with van der Waals surface area (Å²) in [5, 5.41) is 10.9. The second-order valence-electron chi connectivity index (χ2n) is 7.53. The van der Waals surface area contributed by atoms with Crippen LogP contribution in [0.1, 0.15) is 24.8 Å². The van der Waals surface area contributed by atoms with E-state index in [0.29, 0.717) is 23.8 Å². The van der Waals surface area contributed by atoms with E-state index in [2.05, 4.69) is 9.98 Å². The van der Waals surface area contributed by atoms with Gasteiger partial charge < -0.3 is 5.11 Å². The maximum atomic E-state index is 12.8. The molecule has 172 valence electrons. The number of hydrogen-bond donors (Lipinski definition) is 2. The Labute approximate surface area is 194 Å². The molecule has 11 heteroatoms. The summed E-state index contributed by atoms with van der Waals surface area (Å²) in [7, 11) is -3.57. The van der Waals surface area contributed by atoms with Crippen LogP contribution >= 0.6 is 11.6 Å². The van der Waals surface area contributed by atoms with E-state index in [1.54, 1.807) is 18.2 Å². The maximum absolute atomic E-state index is 12.8. The van der Waals surface area contributed by atoms with Gasteiger partial charge in [0, 0.05) is 24.3 Å². The third-order valence-corrected chi connectivity index (χ3v) is 7.47. The number of aliphatic imine (C=N–C) groups is 1. The summed E-state index contributed by atoms with van der Waals surface area (Å²) in [5.74, 6) is -0.598. The molecule has 4 rings (SSSR count). The molecule has 1 aromatic heterocycles. The highest BCUT2D eigenvalue weighted by Gasteiger charge is 2.25. The fourth-order valence-corrected chi connectivity index (χ4v) is 5.31. The number of aromatic hydroxyl groups is 1. The molecule has 0 bridgehead atoms. The molecule has 0 amide bonds. The van der Waals surface area contributed by atoms with E-state index in [1.807, 2.05) is 0 Å². The van der Waals surface area contributed by atoms with Gasteiger partial charge in [-0.1, -0.05) is 24.1 Å². The topological polar surface area (TPSA) is 125 Å². The fraction of sp³-hybridized carbons (Fsp3) is 0.227. The Morgan fingerprint density at radius 2 is 1.73 bits per heavy atom. The summed E-state index contributed by atoms with van der Waals surface area (Å²) in [6.07, 6.45) is 3.83. The van der Waals surface area contributed by atoms with Crippen LogP contribution in [-0.2, 0) is 10.0 Å². The molecular weight excluding hydrogens is 468 g/mol. The van der Waals surface area contributed by atoms with Gasteiger partial charge in [-0.05, 0) is 55.3 Å². The van der Waals surface area contributed by atoms with E-state index in [9.17, 15) is 23.1 Å². The standard InChI is InChI=1S/C22H21ClN4O5S/c23-15-5-4-6-17(13-15)27-21(29)19(20(28)25-22(27)30)14-24-16-7-9-18(10-8-16)33(31,32)26-11-2-1-3-12-26/h4-10,13-14,29H,1-3,11-12H2,(H,25,28,30). The number of sulfonamides is 1. The lowest BCUT2D eigenvalue weighted by Gasteiger charge is -2.25. The Hall–Kier alpha value is -3.21. The second kappa shape index (κ2) is 9.34. The van der Waals surface area contributed by atoms with Crippen LogP contribution in [0, 0.1) is 0 Å². The highest BCUT2D eigenvalue weighted by molar-refractivity contribution is 7.89. The van der Waals surface area contributed by atoms with Crippen LogP contribution in [0.5, 0.6) is 5.88 Å². The van der Waals surface area contributed by atoms with Gasteiger partial charge in [0.2, 0.25) is 15.9 Å². The van der Waals surface area contributed by atoms with Crippen molar-refractivity contribution in [1.29, 1.82) is 0 Å². The highest BCUT2D eigenvalue weighted by atomic mass is 35.5. The number of nitrogens with one attached hydrogen (secondary N) is 1. The molecule has 0 saturated carbocycles. The van der Waals surface area contributed by atoms with Crippen LogP contribution < -0.4 is 11.2 Å². The number of benzene rings is 2. The van der Waals surface area contributed by atoms with Crippen LogP contribution in [0.3, 0.4) is 0 Å². The summed E-state index contributed by atoms with van der Waals surface area (Å²) < 4.78 is 27.9. The molecule has 9 nitrogen and oxygen atoms in total. The van der Waals surface area contributed by atoms with Crippen molar-refractivity contribution in [3.63, 3.8) is 0 Å². The number of aromatic amines is 1. The average Bonchev–Trinajstić information content (AvgIpc) is 2.79. The van der Waals surface area contributed by atoms with Gasteiger partial charge >= 0.3 is 5.69 Å². The third-order valence-electron chi connectivity index (χ3n) is 5.32. The normalized spacial score (nSPS) is 15.2. The zero-order valence-electron chi connectivity index (χ0n) is 17.4.